The molecule has 4 N–H and O–H groups in total. The molecule has 0 saturated carbocycles. The third-order valence-corrected chi connectivity index (χ3v) is 4.52. The lowest BCUT2D eigenvalue weighted by Gasteiger charge is -2.32. The van der Waals surface area contributed by atoms with Gasteiger partial charge in [0.05, 0.1) is 17.4 Å². The van der Waals surface area contributed by atoms with E-state index in [0.29, 0.717) is 18.4 Å². The van der Waals surface area contributed by atoms with Gasteiger partial charge in [-0.2, -0.15) is 13.2 Å². The molecule has 2 aromatic rings. The van der Waals surface area contributed by atoms with E-state index in [0.717, 1.165) is 17.8 Å². The Hall–Kier alpha value is -2.35. The van der Waals surface area contributed by atoms with Crippen molar-refractivity contribution in [2.45, 2.75) is 44.9 Å². The fourth-order valence-corrected chi connectivity index (χ4v) is 2.63. The number of aromatic nitrogens is 2. The molecule has 0 unspecified atom stereocenters. The lowest BCUT2D eigenvalue weighted by Crippen LogP contribution is -2.57. The largest absolute Gasteiger partial charge is 0.416 e. The van der Waals surface area contributed by atoms with Crippen LogP contribution in [0, 0.1) is 5.92 Å². The van der Waals surface area contributed by atoms with Crippen molar-refractivity contribution >= 4 is 5.91 Å². The van der Waals surface area contributed by atoms with E-state index >= 15 is 0 Å². The first-order valence-corrected chi connectivity index (χ1v) is 8.33. The first-order chi connectivity index (χ1) is 12.1. The summed E-state index contributed by atoms with van der Waals surface area (Å²) < 4.78 is 38.3. The number of nitrogens with zero attached hydrogens (tertiary/aromatic N) is 1. The number of aryl methyl sites for hydroxylation is 1. The Kier molecular flexibility index (Phi) is 6.07. The molecule has 0 aliphatic carbocycles. The molecule has 0 spiro atoms. The van der Waals surface area contributed by atoms with Crippen molar-refractivity contribution in [3.63, 3.8) is 0 Å². The van der Waals surface area contributed by atoms with E-state index in [1.807, 2.05) is 13.8 Å². The zero-order valence-electron chi connectivity index (χ0n) is 14.7. The molecule has 0 aliphatic rings. The Labute approximate surface area is 150 Å². The number of hydrogen-bond donors (Lipinski definition) is 3. The maximum absolute atomic E-state index is 12.8. The number of rotatable bonds is 7. The molecule has 0 radical (unpaired) electrons. The molecule has 142 valence electrons. The first-order valence-electron chi connectivity index (χ1n) is 8.33. The van der Waals surface area contributed by atoms with Crippen LogP contribution < -0.4 is 11.1 Å². The van der Waals surface area contributed by atoms with Crippen LogP contribution in [-0.2, 0) is 23.9 Å². The van der Waals surface area contributed by atoms with Gasteiger partial charge >= 0.3 is 6.18 Å². The molecule has 1 amide bonds. The van der Waals surface area contributed by atoms with Crippen LogP contribution in [0.3, 0.4) is 0 Å². The third kappa shape index (κ3) is 4.85. The highest BCUT2D eigenvalue weighted by Crippen LogP contribution is 2.29. The fourth-order valence-electron chi connectivity index (χ4n) is 2.63. The molecule has 1 heterocycles. The van der Waals surface area contributed by atoms with Gasteiger partial charge in [0, 0.05) is 18.4 Å². The van der Waals surface area contributed by atoms with Crippen molar-refractivity contribution < 1.29 is 18.0 Å². The van der Waals surface area contributed by atoms with E-state index in [-0.39, 0.29) is 18.4 Å². The predicted molar refractivity (Wildman–Crippen MR) is 92.0 cm³/mol. The van der Waals surface area contributed by atoms with E-state index in [1.165, 1.54) is 12.1 Å². The third-order valence-electron chi connectivity index (χ3n) is 4.52. The average molecular weight is 368 g/mol. The molecular weight excluding hydrogens is 345 g/mol. The Balaban J connectivity index is 2.03. The molecule has 2 rings (SSSR count). The Morgan fingerprint density at radius 3 is 2.65 bits per heavy atom. The van der Waals surface area contributed by atoms with Crippen LogP contribution in [0.1, 0.15) is 37.1 Å². The number of alkyl halides is 3. The maximum Gasteiger partial charge on any atom is 0.416 e. The highest BCUT2D eigenvalue weighted by atomic mass is 19.4. The Morgan fingerprint density at radius 1 is 1.35 bits per heavy atom. The van der Waals surface area contributed by atoms with E-state index < -0.39 is 17.3 Å². The molecule has 0 bridgehead atoms. The van der Waals surface area contributed by atoms with Gasteiger partial charge in [-0.25, -0.2) is 4.98 Å². The van der Waals surface area contributed by atoms with Crippen LogP contribution >= 0.6 is 0 Å². The second-order valence-electron chi connectivity index (χ2n) is 6.65. The predicted octanol–water partition coefficient (Wildman–Crippen LogP) is 3.03. The van der Waals surface area contributed by atoms with Crippen LogP contribution in [0.15, 0.2) is 36.8 Å². The maximum atomic E-state index is 12.8. The normalized spacial score (nSPS) is 14.3. The van der Waals surface area contributed by atoms with Gasteiger partial charge < -0.3 is 16.0 Å². The Morgan fingerprint density at radius 2 is 2.08 bits per heavy atom. The summed E-state index contributed by atoms with van der Waals surface area (Å²) in [7, 11) is 0. The van der Waals surface area contributed by atoms with Crippen molar-refractivity contribution in [1.82, 2.24) is 15.3 Å². The number of carbonyl (C=O) groups is 1. The lowest BCUT2D eigenvalue weighted by atomic mass is 9.82. The van der Waals surface area contributed by atoms with Crippen LogP contribution in [0.4, 0.5) is 13.2 Å². The number of halogens is 3. The summed E-state index contributed by atoms with van der Waals surface area (Å²) in [5, 5.41) is 2.67. The molecule has 1 aromatic heterocycles. The topological polar surface area (TPSA) is 83.8 Å². The van der Waals surface area contributed by atoms with Crippen molar-refractivity contribution in [2.75, 3.05) is 0 Å². The number of nitrogens with two attached hydrogens (primary N) is 1. The molecule has 0 saturated heterocycles. The monoisotopic (exact) mass is 368 g/mol. The highest BCUT2D eigenvalue weighted by Gasteiger charge is 2.37. The minimum Gasteiger partial charge on any atom is -0.350 e. The number of carbonyl (C=O) groups excluding carboxylic acids is 1. The van der Waals surface area contributed by atoms with Gasteiger partial charge in [-0.1, -0.05) is 26.0 Å². The van der Waals surface area contributed by atoms with Crippen LogP contribution in [0.25, 0.3) is 0 Å². The van der Waals surface area contributed by atoms with Crippen LogP contribution in [0.5, 0.6) is 0 Å². The smallest absolute Gasteiger partial charge is 0.350 e. The van der Waals surface area contributed by atoms with E-state index in [9.17, 15) is 18.0 Å². The zero-order chi connectivity index (χ0) is 19.4. The zero-order valence-corrected chi connectivity index (χ0v) is 14.7. The van der Waals surface area contributed by atoms with Crippen LogP contribution in [-0.4, -0.2) is 21.4 Å². The van der Waals surface area contributed by atoms with Gasteiger partial charge in [-0.15, -0.1) is 0 Å². The van der Waals surface area contributed by atoms with E-state index in [4.69, 9.17) is 5.73 Å². The van der Waals surface area contributed by atoms with Crippen molar-refractivity contribution in [3.05, 3.63) is 53.6 Å². The summed E-state index contributed by atoms with van der Waals surface area (Å²) in [6.07, 6.45) is -0.259. The summed E-state index contributed by atoms with van der Waals surface area (Å²) >= 11 is 0. The standard InChI is InChI=1S/C18H23F3N4O/c1-12(2)17(22,7-6-15-10-23-11-25-15)16(26)24-9-13-4-3-5-14(8-13)18(19,20)21/h3-5,8,10-12H,6-7,9,22H2,1-2H3,(H,23,25)(H,24,26)/t17-/m0/s1. The van der Waals surface area contributed by atoms with Gasteiger partial charge in [0.15, 0.2) is 0 Å². The minimum atomic E-state index is -4.42. The molecule has 0 aliphatic heterocycles. The first kappa shape index (κ1) is 20.0. The average Bonchev–Trinajstić information content (AvgIpc) is 3.10. The van der Waals surface area contributed by atoms with Gasteiger partial charge in [0.1, 0.15) is 0 Å². The minimum absolute atomic E-state index is 0.0154. The molecule has 8 heteroatoms. The second-order valence-corrected chi connectivity index (χ2v) is 6.65. The van der Waals surface area contributed by atoms with E-state index in [1.54, 1.807) is 12.5 Å². The molecule has 0 fully saturated rings. The molecule has 5 nitrogen and oxygen atoms in total. The van der Waals surface area contributed by atoms with Gasteiger partial charge in [0.25, 0.3) is 0 Å². The Bertz CT molecular complexity index is 728. The fraction of sp³-hybridized carbons (Fsp3) is 0.444. The van der Waals surface area contributed by atoms with Crippen molar-refractivity contribution in [1.29, 1.82) is 0 Å². The summed E-state index contributed by atoms with van der Waals surface area (Å²) in [6.45, 7) is 3.67. The number of aromatic amines is 1. The summed E-state index contributed by atoms with van der Waals surface area (Å²) in [4.78, 5) is 19.5. The van der Waals surface area contributed by atoms with Crippen LogP contribution in [0.2, 0.25) is 0 Å². The number of amides is 1. The number of imidazole rings is 1. The van der Waals surface area contributed by atoms with Gasteiger partial charge in [0.2, 0.25) is 5.91 Å². The summed E-state index contributed by atoms with van der Waals surface area (Å²) in [5.41, 5.74) is 5.70. The van der Waals surface area contributed by atoms with Crippen molar-refractivity contribution in [2.24, 2.45) is 11.7 Å². The molecule has 26 heavy (non-hydrogen) atoms. The highest BCUT2D eigenvalue weighted by molar-refractivity contribution is 5.86. The molecule has 1 atom stereocenters. The summed E-state index contributed by atoms with van der Waals surface area (Å²) in [6, 6.07) is 4.88. The second kappa shape index (κ2) is 7.90. The van der Waals surface area contributed by atoms with Crippen molar-refractivity contribution in [3.8, 4) is 0 Å². The quantitative estimate of drug-likeness (QED) is 0.702. The number of hydrogen-bond acceptors (Lipinski definition) is 3. The number of benzene rings is 1. The summed E-state index contributed by atoms with van der Waals surface area (Å²) in [5.74, 6) is -0.531. The number of nitrogens with one attached hydrogen (secondary N) is 2. The SMILES string of the molecule is CC(C)[C@@](N)(CCc1cnc[nH]1)C(=O)NCc1cccc(C(F)(F)F)c1. The van der Waals surface area contributed by atoms with Gasteiger partial charge in [-0.05, 0) is 36.5 Å². The van der Waals surface area contributed by atoms with E-state index in [2.05, 4.69) is 15.3 Å². The molecular formula is C18H23F3N4O. The lowest BCUT2D eigenvalue weighted by molar-refractivity contribution is -0.137. The van der Waals surface area contributed by atoms with Gasteiger partial charge in [-0.3, -0.25) is 4.79 Å². The molecule has 1 aromatic carbocycles. The number of H-pyrrole nitrogens is 1.